The number of carbonyl (C=O) groups is 2. The standard InChI is InChI=1S/C9H11NO4S2/c1-5(12)15-4-7(13)9(14)6-3-16-8(2-11)10-6/h2-3,7,9,13-14H,4H2,1H3. The highest BCUT2D eigenvalue weighted by molar-refractivity contribution is 8.13. The molecule has 0 saturated heterocycles. The highest BCUT2D eigenvalue weighted by atomic mass is 32.2. The average molecular weight is 261 g/mol. The SMILES string of the molecule is CC(=O)SCC(O)C(O)c1csc(C=O)n1. The first-order valence-corrected chi connectivity index (χ1v) is 6.31. The molecule has 0 radical (unpaired) electrons. The fourth-order valence-electron chi connectivity index (χ4n) is 0.982. The molecule has 2 unspecified atom stereocenters. The molecule has 0 aliphatic rings. The predicted octanol–water partition coefficient (Wildman–Crippen LogP) is 0.630. The number of aromatic nitrogens is 1. The van der Waals surface area contributed by atoms with Gasteiger partial charge in [-0.3, -0.25) is 9.59 Å². The van der Waals surface area contributed by atoms with Crippen molar-refractivity contribution in [2.45, 2.75) is 19.1 Å². The Kier molecular flexibility index (Phi) is 5.07. The molecule has 0 bridgehead atoms. The number of thiazole rings is 1. The summed E-state index contributed by atoms with van der Waals surface area (Å²) < 4.78 is 0. The first-order chi connectivity index (χ1) is 7.54. The third kappa shape index (κ3) is 3.67. The maximum Gasteiger partial charge on any atom is 0.185 e. The Hall–Kier alpha value is -0.760. The quantitative estimate of drug-likeness (QED) is 0.756. The summed E-state index contributed by atoms with van der Waals surface area (Å²) in [6.45, 7) is 1.39. The van der Waals surface area contributed by atoms with Crippen molar-refractivity contribution in [3.8, 4) is 0 Å². The van der Waals surface area contributed by atoms with Crippen molar-refractivity contribution in [2.24, 2.45) is 0 Å². The molecule has 0 fully saturated rings. The Labute approximate surface area is 101 Å². The summed E-state index contributed by atoms with van der Waals surface area (Å²) in [5, 5.41) is 20.9. The van der Waals surface area contributed by atoms with Gasteiger partial charge in [0.05, 0.1) is 11.8 Å². The molecule has 1 rings (SSSR count). The highest BCUT2D eigenvalue weighted by Crippen LogP contribution is 2.21. The average Bonchev–Trinajstić information content (AvgIpc) is 2.73. The molecule has 1 heterocycles. The van der Waals surface area contributed by atoms with Crippen LogP contribution >= 0.6 is 23.1 Å². The van der Waals surface area contributed by atoms with E-state index in [9.17, 15) is 19.8 Å². The second-order valence-electron chi connectivity index (χ2n) is 3.04. The molecular formula is C9H11NO4S2. The largest absolute Gasteiger partial charge is 0.389 e. The first-order valence-electron chi connectivity index (χ1n) is 4.44. The van der Waals surface area contributed by atoms with E-state index in [2.05, 4.69) is 4.98 Å². The van der Waals surface area contributed by atoms with Gasteiger partial charge in [-0.1, -0.05) is 11.8 Å². The summed E-state index contributed by atoms with van der Waals surface area (Å²) in [4.78, 5) is 24.9. The summed E-state index contributed by atoms with van der Waals surface area (Å²) in [7, 11) is 0. The van der Waals surface area contributed by atoms with Crippen LogP contribution in [0.5, 0.6) is 0 Å². The van der Waals surface area contributed by atoms with Gasteiger partial charge in [-0.05, 0) is 0 Å². The van der Waals surface area contributed by atoms with E-state index >= 15 is 0 Å². The minimum atomic E-state index is -1.17. The highest BCUT2D eigenvalue weighted by Gasteiger charge is 2.21. The van der Waals surface area contributed by atoms with Crippen LogP contribution in [-0.4, -0.2) is 38.5 Å². The predicted molar refractivity (Wildman–Crippen MR) is 61.6 cm³/mol. The number of hydrogen-bond acceptors (Lipinski definition) is 7. The molecule has 0 saturated carbocycles. The van der Waals surface area contributed by atoms with Gasteiger partial charge >= 0.3 is 0 Å². The first kappa shape index (κ1) is 13.3. The zero-order valence-electron chi connectivity index (χ0n) is 8.49. The van der Waals surface area contributed by atoms with Crippen molar-refractivity contribution in [3.05, 3.63) is 16.1 Å². The number of aliphatic hydroxyl groups is 2. The maximum absolute atomic E-state index is 10.7. The Morgan fingerprint density at radius 1 is 1.69 bits per heavy atom. The Morgan fingerprint density at radius 3 is 2.88 bits per heavy atom. The van der Waals surface area contributed by atoms with E-state index in [1.54, 1.807) is 0 Å². The van der Waals surface area contributed by atoms with Gasteiger partial charge in [0.1, 0.15) is 6.10 Å². The number of aliphatic hydroxyl groups excluding tert-OH is 2. The lowest BCUT2D eigenvalue weighted by Gasteiger charge is -2.14. The normalized spacial score (nSPS) is 14.4. The number of nitrogens with zero attached hydrogens (tertiary/aromatic N) is 1. The van der Waals surface area contributed by atoms with Crippen LogP contribution in [0.25, 0.3) is 0 Å². The van der Waals surface area contributed by atoms with Gasteiger partial charge in [-0.15, -0.1) is 11.3 Å². The van der Waals surface area contributed by atoms with Crippen LogP contribution in [0.1, 0.15) is 28.5 Å². The maximum atomic E-state index is 10.7. The molecule has 7 heteroatoms. The molecule has 88 valence electrons. The zero-order valence-corrected chi connectivity index (χ0v) is 10.1. The number of carbonyl (C=O) groups excluding carboxylic acids is 2. The van der Waals surface area contributed by atoms with Crippen LogP contribution < -0.4 is 0 Å². The van der Waals surface area contributed by atoms with Crippen molar-refractivity contribution >= 4 is 34.5 Å². The van der Waals surface area contributed by atoms with E-state index < -0.39 is 12.2 Å². The minimum Gasteiger partial charge on any atom is -0.389 e. The van der Waals surface area contributed by atoms with E-state index in [0.29, 0.717) is 6.29 Å². The van der Waals surface area contributed by atoms with Crippen LogP contribution in [0.3, 0.4) is 0 Å². The van der Waals surface area contributed by atoms with E-state index in [4.69, 9.17) is 0 Å². The van der Waals surface area contributed by atoms with E-state index in [0.717, 1.165) is 23.1 Å². The molecule has 0 spiro atoms. The molecule has 5 nitrogen and oxygen atoms in total. The zero-order chi connectivity index (χ0) is 12.1. The smallest absolute Gasteiger partial charge is 0.185 e. The molecule has 0 aromatic carbocycles. The minimum absolute atomic E-state index is 0.102. The van der Waals surface area contributed by atoms with Crippen molar-refractivity contribution in [1.82, 2.24) is 4.98 Å². The monoisotopic (exact) mass is 261 g/mol. The lowest BCUT2D eigenvalue weighted by Crippen LogP contribution is -2.21. The molecule has 16 heavy (non-hydrogen) atoms. The molecular weight excluding hydrogens is 250 g/mol. The van der Waals surface area contributed by atoms with Crippen molar-refractivity contribution in [1.29, 1.82) is 0 Å². The number of rotatable bonds is 5. The summed E-state index contributed by atoms with van der Waals surface area (Å²) in [6, 6.07) is 0. The van der Waals surface area contributed by atoms with E-state index in [1.807, 2.05) is 0 Å². The van der Waals surface area contributed by atoms with Gasteiger partial charge in [0.15, 0.2) is 16.4 Å². The molecule has 2 atom stereocenters. The van der Waals surface area contributed by atoms with Gasteiger partial charge in [0, 0.05) is 18.1 Å². The lowest BCUT2D eigenvalue weighted by atomic mass is 10.2. The van der Waals surface area contributed by atoms with E-state index in [-0.39, 0.29) is 21.6 Å². The summed E-state index contributed by atoms with van der Waals surface area (Å²) in [5.74, 6) is 0.102. The Morgan fingerprint density at radius 2 is 2.38 bits per heavy atom. The van der Waals surface area contributed by atoms with Crippen LogP contribution in [-0.2, 0) is 4.79 Å². The summed E-state index contributed by atoms with van der Waals surface area (Å²) >= 11 is 2.03. The van der Waals surface area contributed by atoms with Crippen LogP contribution in [0, 0.1) is 0 Å². The Bertz CT molecular complexity index is 379. The number of aldehydes is 1. The van der Waals surface area contributed by atoms with Crippen molar-refractivity contribution < 1.29 is 19.8 Å². The van der Waals surface area contributed by atoms with Crippen molar-refractivity contribution in [3.63, 3.8) is 0 Å². The number of thioether (sulfide) groups is 1. The number of hydrogen-bond donors (Lipinski definition) is 2. The third-order valence-corrected chi connectivity index (χ3v) is 3.47. The molecule has 0 aliphatic carbocycles. The summed E-state index contributed by atoms with van der Waals surface area (Å²) in [6.07, 6.45) is -1.66. The van der Waals surface area contributed by atoms with Gasteiger partial charge in [0.2, 0.25) is 0 Å². The van der Waals surface area contributed by atoms with Crippen LogP contribution in [0.15, 0.2) is 5.38 Å². The van der Waals surface area contributed by atoms with Crippen LogP contribution in [0.4, 0.5) is 0 Å². The van der Waals surface area contributed by atoms with E-state index in [1.165, 1.54) is 12.3 Å². The second kappa shape index (κ2) is 6.09. The molecule has 1 aromatic heterocycles. The lowest BCUT2D eigenvalue weighted by molar-refractivity contribution is -0.109. The fourth-order valence-corrected chi connectivity index (χ4v) is 2.22. The third-order valence-electron chi connectivity index (χ3n) is 1.77. The molecule has 0 amide bonds. The fraction of sp³-hybridized carbons (Fsp3) is 0.444. The van der Waals surface area contributed by atoms with Gasteiger partial charge in [0.25, 0.3) is 0 Å². The molecule has 1 aromatic rings. The molecule has 0 aliphatic heterocycles. The van der Waals surface area contributed by atoms with Gasteiger partial charge < -0.3 is 10.2 Å². The second-order valence-corrected chi connectivity index (χ2v) is 5.13. The topological polar surface area (TPSA) is 87.5 Å². The van der Waals surface area contributed by atoms with Gasteiger partial charge in [-0.2, -0.15) is 0 Å². The van der Waals surface area contributed by atoms with Crippen LogP contribution in [0.2, 0.25) is 0 Å². The summed E-state index contributed by atoms with van der Waals surface area (Å²) in [5.41, 5.74) is 0.253. The Balaban J connectivity index is 2.58. The van der Waals surface area contributed by atoms with Gasteiger partial charge in [-0.25, -0.2) is 4.98 Å². The van der Waals surface area contributed by atoms with Crippen molar-refractivity contribution in [2.75, 3.05) is 5.75 Å². The molecule has 2 N–H and O–H groups in total.